The Balaban J connectivity index is 1.93. The van der Waals surface area contributed by atoms with Gasteiger partial charge in [0, 0.05) is 13.1 Å². The third kappa shape index (κ3) is 3.45. The number of halogens is 1. The van der Waals surface area contributed by atoms with Gasteiger partial charge in [0.1, 0.15) is 11.4 Å². The van der Waals surface area contributed by atoms with E-state index in [4.69, 9.17) is 10.5 Å². The number of aromatic nitrogens is 2. The number of amides is 1. The second-order valence-electron chi connectivity index (χ2n) is 6.02. The summed E-state index contributed by atoms with van der Waals surface area (Å²) in [4.78, 5) is 13.7. The number of hydrogen-bond donors (Lipinski definition) is 1. The molecule has 6 nitrogen and oxygen atoms in total. The second kappa shape index (κ2) is 5.63. The van der Waals surface area contributed by atoms with E-state index in [9.17, 15) is 4.79 Å². The first-order valence-electron chi connectivity index (χ1n) is 6.74. The lowest BCUT2D eigenvalue weighted by Gasteiger charge is -2.33. The van der Waals surface area contributed by atoms with Crippen LogP contribution in [0.15, 0.2) is 10.7 Å². The topological polar surface area (TPSA) is 73.4 Å². The summed E-state index contributed by atoms with van der Waals surface area (Å²) in [5.41, 5.74) is 5.51. The second-order valence-corrected chi connectivity index (χ2v) is 6.88. The van der Waals surface area contributed by atoms with Crippen molar-refractivity contribution in [3.05, 3.63) is 10.7 Å². The van der Waals surface area contributed by atoms with E-state index in [0.717, 1.165) is 17.3 Å². The molecular formula is C13H21BrN4O2. The van der Waals surface area contributed by atoms with E-state index in [1.54, 1.807) is 11.1 Å². The highest BCUT2D eigenvalue weighted by Crippen LogP contribution is 2.28. The average molecular weight is 345 g/mol. The Morgan fingerprint density at radius 1 is 1.45 bits per heavy atom. The van der Waals surface area contributed by atoms with Gasteiger partial charge in [0.05, 0.1) is 16.7 Å². The van der Waals surface area contributed by atoms with Gasteiger partial charge in [-0.25, -0.2) is 9.48 Å². The molecule has 2 rings (SSSR count). The first-order chi connectivity index (χ1) is 9.28. The molecule has 0 atom stereocenters. The van der Waals surface area contributed by atoms with Gasteiger partial charge in [-0.15, -0.1) is 0 Å². The van der Waals surface area contributed by atoms with Crippen LogP contribution in [0.3, 0.4) is 0 Å². The van der Waals surface area contributed by atoms with Gasteiger partial charge in [0.15, 0.2) is 0 Å². The highest BCUT2D eigenvalue weighted by molar-refractivity contribution is 9.10. The number of nitrogen functional groups attached to an aromatic ring is 1. The van der Waals surface area contributed by atoms with Gasteiger partial charge in [-0.2, -0.15) is 5.10 Å². The molecule has 1 aliphatic rings. The fourth-order valence-electron chi connectivity index (χ4n) is 2.26. The summed E-state index contributed by atoms with van der Waals surface area (Å²) in [7, 11) is 0. The van der Waals surface area contributed by atoms with Gasteiger partial charge in [0.25, 0.3) is 0 Å². The molecule has 2 N–H and O–H groups in total. The van der Waals surface area contributed by atoms with Crippen LogP contribution in [0.1, 0.15) is 39.7 Å². The number of piperidine rings is 1. The van der Waals surface area contributed by atoms with Crippen molar-refractivity contribution in [1.29, 1.82) is 0 Å². The molecule has 1 aliphatic heterocycles. The normalized spacial score (nSPS) is 17.3. The molecule has 2 heterocycles. The molecule has 112 valence electrons. The van der Waals surface area contributed by atoms with Crippen LogP contribution in [0.4, 0.5) is 10.6 Å². The minimum absolute atomic E-state index is 0.236. The van der Waals surface area contributed by atoms with Crippen LogP contribution in [0.2, 0.25) is 0 Å². The van der Waals surface area contributed by atoms with Gasteiger partial charge < -0.3 is 15.4 Å². The fraction of sp³-hybridized carbons (Fsp3) is 0.692. The summed E-state index contributed by atoms with van der Waals surface area (Å²) >= 11 is 3.36. The maximum Gasteiger partial charge on any atom is 0.410 e. The van der Waals surface area contributed by atoms with Crippen molar-refractivity contribution in [3.63, 3.8) is 0 Å². The predicted octanol–water partition coefficient (Wildman–Crippen LogP) is 2.80. The first-order valence-corrected chi connectivity index (χ1v) is 7.53. The zero-order valence-corrected chi connectivity index (χ0v) is 13.7. The molecule has 0 radical (unpaired) electrons. The number of hydrogen-bond acceptors (Lipinski definition) is 4. The van der Waals surface area contributed by atoms with E-state index in [1.165, 1.54) is 0 Å². The van der Waals surface area contributed by atoms with E-state index in [2.05, 4.69) is 21.0 Å². The molecule has 1 fully saturated rings. The molecule has 7 heteroatoms. The summed E-state index contributed by atoms with van der Waals surface area (Å²) in [5.74, 6) is 0.640. The third-order valence-corrected chi connectivity index (χ3v) is 3.86. The summed E-state index contributed by atoms with van der Waals surface area (Å²) < 4.78 is 8.02. The van der Waals surface area contributed by atoms with Crippen molar-refractivity contribution in [2.45, 2.75) is 45.3 Å². The Morgan fingerprint density at radius 2 is 2.05 bits per heavy atom. The number of likely N-dealkylation sites (tertiary alicyclic amines) is 1. The van der Waals surface area contributed by atoms with Crippen molar-refractivity contribution in [2.75, 3.05) is 18.8 Å². The summed E-state index contributed by atoms with van der Waals surface area (Å²) in [6, 6.07) is 0.236. The molecule has 20 heavy (non-hydrogen) atoms. The average Bonchev–Trinajstić information content (AvgIpc) is 2.68. The van der Waals surface area contributed by atoms with E-state index < -0.39 is 5.60 Å². The molecule has 0 aliphatic carbocycles. The molecule has 0 spiro atoms. The molecule has 0 unspecified atom stereocenters. The molecule has 1 amide bonds. The molecule has 1 saturated heterocycles. The number of anilines is 1. The summed E-state index contributed by atoms with van der Waals surface area (Å²) in [6.07, 6.45) is 3.12. The Labute approximate surface area is 127 Å². The SMILES string of the molecule is CC(C)(C)OC(=O)N1CCC(n2ncc(Br)c2N)CC1. The lowest BCUT2D eigenvalue weighted by Crippen LogP contribution is -2.42. The van der Waals surface area contributed by atoms with Crippen LogP contribution in [0, 0.1) is 0 Å². The number of ether oxygens (including phenoxy) is 1. The number of carbonyl (C=O) groups is 1. The van der Waals surface area contributed by atoms with Gasteiger partial charge in [0.2, 0.25) is 0 Å². The quantitative estimate of drug-likeness (QED) is 0.849. The predicted molar refractivity (Wildman–Crippen MR) is 80.4 cm³/mol. The Morgan fingerprint density at radius 3 is 2.50 bits per heavy atom. The molecule has 0 aromatic carbocycles. The van der Waals surface area contributed by atoms with Crippen LogP contribution in [0.25, 0.3) is 0 Å². The minimum Gasteiger partial charge on any atom is -0.444 e. The highest BCUT2D eigenvalue weighted by atomic mass is 79.9. The van der Waals surface area contributed by atoms with Crippen LogP contribution in [-0.4, -0.2) is 39.5 Å². The van der Waals surface area contributed by atoms with E-state index in [-0.39, 0.29) is 12.1 Å². The maximum atomic E-state index is 12.0. The lowest BCUT2D eigenvalue weighted by molar-refractivity contribution is 0.0185. The lowest BCUT2D eigenvalue weighted by atomic mass is 10.1. The van der Waals surface area contributed by atoms with Crippen molar-refractivity contribution in [2.24, 2.45) is 0 Å². The van der Waals surface area contributed by atoms with E-state index in [1.807, 2.05) is 25.5 Å². The number of nitrogens with two attached hydrogens (primary N) is 1. The third-order valence-electron chi connectivity index (χ3n) is 3.25. The maximum absolute atomic E-state index is 12.0. The zero-order valence-electron chi connectivity index (χ0n) is 12.1. The van der Waals surface area contributed by atoms with Gasteiger partial charge in [-0.1, -0.05) is 0 Å². The van der Waals surface area contributed by atoms with E-state index in [0.29, 0.717) is 18.9 Å². The van der Waals surface area contributed by atoms with Crippen LogP contribution >= 0.6 is 15.9 Å². The van der Waals surface area contributed by atoms with Crippen molar-refractivity contribution in [1.82, 2.24) is 14.7 Å². The number of carbonyl (C=O) groups excluding carboxylic acids is 1. The zero-order chi connectivity index (χ0) is 14.9. The summed E-state index contributed by atoms with van der Waals surface area (Å²) in [6.45, 7) is 6.95. The molecular weight excluding hydrogens is 324 g/mol. The van der Waals surface area contributed by atoms with Crippen LogP contribution in [-0.2, 0) is 4.74 Å². The largest absolute Gasteiger partial charge is 0.444 e. The van der Waals surface area contributed by atoms with Crippen LogP contribution in [0.5, 0.6) is 0 Å². The number of nitrogens with zero attached hydrogens (tertiary/aromatic N) is 3. The van der Waals surface area contributed by atoms with Crippen molar-refractivity contribution in [3.8, 4) is 0 Å². The smallest absolute Gasteiger partial charge is 0.410 e. The Bertz CT molecular complexity index is 487. The molecule has 1 aromatic rings. The highest BCUT2D eigenvalue weighted by Gasteiger charge is 2.28. The Kier molecular flexibility index (Phi) is 4.27. The molecule has 0 bridgehead atoms. The monoisotopic (exact) mass is 344 g/mol. The van der Waals surface area contributed by atoms with Gasteiger partial charge >= 0.3 is 6.09 Å². The Hall–Kier alpha value is -1.24. The molecule has 0 saturated carbocycles. The first kappa shape index (κ1) is 15.2. The van der Waals surface area contributed by atoms with Crippen LogP contribution < -0.4 is 5.73 Å². The molecule has 1 aromatic heterocycles. The minimum atomic E-state index is -0.453. The standard InChI is InChI=1S/C13H21BrN4O2/c1-13(2,3)20-12(19)17-6-4-9(5-7-17)18-11(15)10(14)8-16-18/h8-9H,4-7,15H2,1-3H3. The summed E-state index contributed by atoms with van der Waals surface area (Å²) in [5, 5.41) is 4.28. The number of rotatable bonds is 1. The van der Waals surface area contributed by atoms with Gasteiger partial charge in [-0.05, 0) is 49.5 Å². The van der Waals surface area contributed by atoms with E-state index >= 15 is 0 Å². The van der Waals surface area contributed by atoms with Crippen molar-refractivity contribution < 1.29 is 9.53 Å². The fourth-order valence-corrected chi connectivity index (χ4v) is 2.53. The van der Waals surface area contributed by atoms with Gasteiger partial charge in [-0.3, -0.25) is 0 Å². The van der Waals surface area contributed by atoms with Crippen molar-refractivity contribution >= 4 is 27.8 Å².